The molecule has 0 aliphatic carbocycles. The molecular weight excluding hydrogens is 130 g/mol. The third-order valence-corrected chi connectivity index (χ3v) is 0.978. The highest BCUT2D eigenvalue weighted by molar-refractivity contribution is 5.32. The van der Waals surface area contributed by atoms with Crippen LogP contribution < -0.4 is 0 Å². The molecule has 0 saturated carbocycles. The summed E-state index contributed by atoms with van der Waals surface area (Å²) in [5.74, 6) is 0. The van der Waals surface area contributed by atoms with Crippen LogP contribution in [0.5, 0.6) is 0 Å². The van der Waals surface area contributed by atoms with Crippen molar-refractivity contribution in [2.24, 2.45) is 0 Å². The van der Waals surface area contributed by atoms with Gasteiger partial charge < -0.3 is 10.1 Å². The number of hydrogen-bond acceptors (Lipinski definition) is 1. The fourth-order valence-electron chi connectivity index (χ4n) is 0.644. The van der Waals surface area contributed by atoms with Gasteiger partial charge in [-0.25, -0.2) is 0 Å². The molecule has 0 aromatic carbocycles. The Labute approximate surface area is 59.7 Å². The monoisotopic (exact) mass is 141 g/mol. The van der Waals surface area contributed by atoms with Gasteiger partial charge in [-0.2, -0.15) is 0 Å². The highest BCUT2D eigenvalue weighted by Crippen LogP contribution is 1.95. The fourth-order valence-corrected chi connectivity index (χ4v) is 0.644. The lowest BCUT2D eigenvalue weighted by Gasteiger charge is -1.77. The Hall–Kier alpha value is -1.25. The van der Waals surface area contributed by atoms with Gasteiger partial charge in [-0.3, -0.25) is 4.79 Å². The number of aromatic amines is 1. The number of aryl methyl sites for hydroxylation is 2. The molecule has 3 nitrogen and oxygen atoms in total. The van der Waals surface area contributed by atoms with Gasteiger partial charge in [0.05, 0.1) is 0 Å². The molecule has 0 aliphatic rings. The van der Waals surface area contributed by atoms with E-state index >= 15 is 0 Å². The summed E-state index contributed by atoms with van der Waals surface area (Å²) >= 11 is 0. The van der Waals surface area contributed by atoms with Gasteiger partial charge in [0.2, 0.25) is 0 Å². The van der Waals surface area contributed by atoms with Gasteiger partial charge in [0, 0.05) is 11.4 Å². The predicted octanol–water partition coefficient (Wildman–Crippen LogP) is 1.33. The Kier molecular flexibility index (Phi) is 4.04. The minimum absolute atomic E-state index is 0.250. The van der Waals surface area contributed by atoms with Crippen molar-refractivity contribution in [3.05, 3.63) is 23.5 Å². The summed E-state index contributed by atoms with van der Waals surface area (Å²) in [6.07, 6.45) is 0. The van der Waals surface area contributed by atoms with Crippen LogP contribution in [-0.4, -0.2) is 16.6 Å². The molecule has 0 aliphatic heterocycles. The van der Waals surface area contributed by atoms with Crippen molar-refractivity contribution in [3.63, 3.8) is 0 Å². The number of hydrogen-bond donors (Lipinski definition) is 2. The molecule has 0 bridgehead atoms. The molecule has 0 radical (unpaired) electrons. The molecule has 0 fully saturated rings. The summed E-state index contributed by atoms with van der Waals surface area (Å²) in [6, 6.07) is 4.13. The summed E-state index contributed by atoms with van der Waals surface area (Å²) in [6.45, 7) is 3.85. The van der Waals surface area contributed by atoms with Crippen LogP contribution in [0.2, 0.25) is 0 Å². The number of rotatable bonds is 0. The van der Waals surface area contributed by atoms with E-state index in [1.165, 1.54) is 11.4 Å². The lowest BCUT2D eigenvalue weighted by Crippen LogP contribution is -1.67. The zero-order chi connectivity index (χ0) is 7.98. The first-order valence-corrected chi connectivity index (χ1v) is 2.90. The van der Waals surface area contributed by atoms with Crippen molar-refractivity contribution in [1.29, 1.82) is 0 Å². The van der Waals surface area contributed by atoms with Gasteiger partial charge in [0.1, 0.15) is 0 Å². The van der Waals surface area contributed by atoms with E-state index in [0.29, 0.717) is 0 Å². The van der Waals surface area contributed by atoms with Crippen LogP contribution in [0.3, 0.4) is 0 Å². The second-order valence-electron chi connectivity index (χ2n) is 1.93. The van der Waals surface area contributed by atoms with Crippen molar-refractivity contribution < 1.29 is 9.90 Å². The van der Waals surface area contributed by atoms with E-state index in [9.17, 15) is 0 Å². The van der Waals surface area contributed by atoms with Crippen molar-refractivity contribution in [2.45, 2.75) is 13.8 Å². The lowest BCUT2D eigenvalue weighted by molar-refractivity contribution is -0.122. The maximum Gasteiger partial charge on any atom is 0.290 e. The molecule has 0 atom stereocenters. The normalized spacial score (nSPS) is 7.80. The maximum absolute atomic E-state index is 8.36. The van der Waals surface area contributed by atoms with Crippen LogP contribution in [-0.2, 0) is 4.79 Å². The first kappa shape index (κ1) is 8.75. The maximum atomic E-state index is 8.36. The minimum atomic E-state index is -0.250. The molecule has 1 aromatic rings. The molecule has 2 N–H and O–H groups in total. The standard InChI is InChI=1S/C6H9N.CH2O2/c1-5-3-4-6(2)7-5;2-1-3/h3-4,7H,1-2H3;1H,(H,2,3). The van der Waals surface area contributed by atoms with E-state index < -0.39 is 0 Å². The van der Waals surface area contributed by atoms with E-state index in [2.05, 4.69) is 17.1 Å². The molecule has 0 amide bonds. The summed E-state index contributed by atoms with van der Waals surface area (Å²) in [7, 11) is 0. The number of carbonyl (C=O) groups is 1. The molecule has 0 unspecified atom stereocenters. The zero-order valence-corrected chi connectivity index (χ0v) is 6.09. The third kappa shape index (κ3) is 3.72. The Morgan fingerprint density at radius 1 is 1.40 bits per heavy atom. The van der Waals surface area contributed by atoms with Crippen molar-refractivity contribution in [2.75, 3.05) is 0 Å². The lowest BCUT2D eigenvalue weighted by atomic mass is 10.5. The second kappa shape index (κ2) is 4.61. The molecular formula is C7H11NO2. The molecule has 56 valence electrons. The first-order chi connectivity index (χ1) is 4.70. The Morgan fingerprint density at radius 3 is 1.80 bits per heavy atom. The Balaban J connectivity index is 0.000000236. The van der Waals surface area contributed by atoms with Gasteiger partial charge >= 0.3 is 0 Å². The molecule has 3 heteroatoms. The van der Waals surface area contributed by atoms with Crippen molar-refractivity contribution in [1.82, 2.24) is 4.98 Å². The molecule has 1 aromatic heterocycles. The summed E-state index contributed by atoms with van der Waals surface area (Å²) < 4.78 is 0. The molecule has 10 heavy (non-hydrogen) atoms. The third-order valence-electron chi connectivity index (χ3n) is 0.978. The molecule has 1 rings (SSSR count). The van der Waals surface area contributed by atoms with Crippen molar-refractivity contribution in [3.8, 4) is 0 Å². The largest absolute Gasteiger partial charge is 0.483 e. The number of carboxylic acid groups (broad SMARTS) is 1. The van der Waals surface area contributed by atoms with Crippen molar-refractivity contribution >= 4 is 6.47 Å². The number of aromatic nitrogens is 1. The van der Waals surface area contributed by atoms with Crippen LogP contribution in [0.4, 0.5) is 0 Å². The van der Waals surface area contributed by atoms with Gasteiger partial charge in [0.15, 0.2) is 0 Å². The van der Waals surface area contributed by atoms with Gasteiger partial charge in [-0.15, -0.1) is 0 Å². The van der Waals surface area contributed by atoms with Crippen LogP contribution in [0.1, 0.15) is 11.4 Å². The van der Waals surface area contributed by atoms with E-state index in [-0.39, 0.29) is 6.47 Å². The topological polar surface area (TPSA) is 53.1 Å². The molecule has 0 spiro atoms. The number of H-pyrrole nitrogens is 1. The average molecular weight is 141 g/mol. The minimum Gasteiger partial charge on any atom is -0.483 e. The molecule has 1 heterocycles. The fraction of sp³-hybridized carbons (Fsp3) is 0.286. The Morgan fingerprint density at radius 2 is 1.70 bits per heavy atom. The summed E-state index contributed by atoms with van der Waals surface area (Å²) in [5, 5.41) is 6.89. The summed E-state index contributed by atoms with van der Waals surface area (Å²) in [5.41, 5.74) is 2.47. The van der Waals surface area contributed by atoms with E-state index in [1.54, 1.807) is 0 Å². The highest BCUT2D eigenvalue weighted by Gasteiger charge is 1.82. The van der Waals surface area contributed by atoms with Gasteiger partial charge in [-0.1, -0.05) is 0 Å². The second-order valence-corrected chi connectivity index (χ2v) is 1.93. The van der Waals surface area contributed by atoms with E-state index in [4.69, 9.17) is 9.90 Å². The molecule has 0 saturated heterocycles. The van der Waals surface area contributed by atoms with Crippen LogP contribution in [0.25, 0.3) is 0 Å². The van der Waals surface area contributed by atoms with Crippen LogP contribution in [0.15, 0.2) is 12.1 Å². The van der Waals surface area contributed by atoms with Gasteiger partial charge in [0.25, 0.3) is 6.47 Å². The first-order valence-electron chi connectivity index (χ1n) is 2.90. The highest BCUT2D eigenvalue weighted by atomic mass is 16.3. The average Bonchev–Trinajstić information content (AvgIpc) is 2.17. The van der Waals surface area contributed by atoms with Crippen LogP contribution in [0, 0.1) is 13.8 Å². The van der Waals surface area contributed by atoms with E-state index in [0.717, 1.165) is 0 Å². The summed E-state index contributed by atoms with van der Waals surface area (Å²) in [4.78, 5) is 11.5. The van der Waals surface area contributed by atoms with E-state index in [1.807, 2.05) is 13.8 Å². The SMILES string of the molecule is Cc1ccc(C)[nH]1.O=CO. The number of nitrogens with one attached hydrogen (secondary N) is 1. The quantitative estimate of drug-likeness (QED) is 0.535. The Bertz CT molecular complexity index is 177. The zero-order valence-electron chi connectivity index (χ0n) is 6.09. The predicted molar refractivity (Wildman–Crippen MR) is 39.0 cm³/mol. The smallest absolute Gasteiger partial charge is 0.290 e. The van der Waals surface area contributed by atoms with Gasteiger partial charge in [-0.05, 0) is 26.0 Å². The van der Waals surface area contributed by atoms with Crippen LogP contribution >= 0.6 is 0 Å².